The number of hydrogen-bond donors (Lipinski definition) is 1. The summed E-state index contributed by atoms with van der Waals surface area (Å²) < 4.78 is 38.0. The predicted molar refractivity (Wildman–Crippen MR) is 70.9 cm³/mol. The van der Waals surface area contributed by atoms with Crippen LogP contribution in [0.2, 0.25) is 0 Å². The topological polar surface area (TPSA) is 68.1 Å². The second-order valence-corrected chi connectivity index (χ2v) is 5.32. The number of hydrogen-bond acceptors (Lipinski definition) is 4. The van der Waals surface area contributed by atoms with E-state index in [1.54, 1.807) is 0 Å². The average Bonchev–Trinajstić information content (AvgIpc) is 2.91. The molecule has 8 heteroatoms. The van der Waals surface area contributed by atoms with Crippen LogP contribution in [0.5, 0.6) is 0 Å². The van der Waals surface area contributed by atoms with Gasteiger partial charge in [-0.3, -0.25) is 10.1 Å². The maximum Gasteiger partial charge on any atom is 0.433 e. The summed E-state index contributed by atoms with van der Waals surface area (Å²) in [6.07, 6.45) is 0.179. The molecule has 0 spiro atoms. The molecule has 1 atom stereocenters. The van der Waals surface area contributed by atoms with Crippen LogP contribution in [-0.4, -0.2) is 15.9 Å². The van der Waals surface area contributed by atoms with E-state index in [0.717, 1.165) is 25.7 Å². The van der Waals surface area contributed by atoms with E-state index in [9.17, 15) is 23.3 Å². The van der Waals surface area contributed by atoms with Gasteiger partial charge in [-0.2, -0.15) is 13.2 Å². The van der Waals surface area contributed by atoms with Crippen molar-refractivity contribution in [1.29, 1.82) is 0 Å². The van der Waals surface area contributed by atoms with Crippen LogP contribution in [0.4, 0.5) is 24.5 Å². The lowest BCUT2D eigenvalue weighted by Crippen LogP contribution is -2.24. The predicted octanol–water partition coefficient (Wildman–Crippen LogP) is 4.00. The van der Waals surface area contributed by atoms with Crippen LogP contribution >= 0.6 is 0 Å². The molecule has 0 bridgehead atoms. The van der Waals surface area contributed by atoms with E-state index >= 15 is 0 Å². The van der Waals surface area contributed by atoms with Gasteiger partial charge in [-0.15, -0.1) is 0 Å². The molecule has 1 aliphatic carbocycles. The van der Waals surface area contributed by atoms with Crippen molar-refractivity contribution in [3.05, 3.63) is 28.1 Å². The number of anilines is 1. The van der Waals surface area contributed by atoms with Gasteiger partial charge in [0.15, 0.2) is 0 Å². The summed E-state index contributed by atoms with van der Waals surface area (Å²) in [6.45, 7) is 1.84. The van der Waals surface area contributed by atoms with Gasteiger partial charge in [0.2, 0.25) is 0 Å². The Morgan fingerprint density at radius 1 is 1.43 bits per heavy atom. The molecule has 2 rings (SSSR count). The Balaban J connectivity index is 2.27. The van der Waals surface area contributed by atoms with Gasteiger partial charge in [-0.1, -0.05) is 12.8 Å². The maximum atomic E-state index is 12.7. The van der Waals surface area contributed by atoms with Crippen molar-refractivity contribution in [2.45, 2.75) is 44.8 Å². The molecule has 0 radical (unpaired) electrons. The van der Waals surface area contributed by atoms with Crippen LogP contribution in [0, 0.1) is 16.0 Å². The number of aromatic nitrogens is 1. The number of halogens is 3. The first-order valence-electron chi connectivity index (χ1n) is 6.77. The standard InChI is InChI=1S/C13H16F3N3O2/c1-8(9-4-2-3-5-9)18-10-6-12(13(14,15)16)17-7-11(10)19(20)21/h6-9H,2-5H2,1H3,(H,17,18). The molecule has 0 amide bonds. The Bertz CT molecular complexity index is 528. The van der Waals surface area contributed by atoms with E-state index < -0.39 is 22.5 Å². The minimum Gasteiger partial charge on any atom is -0.377 e. The lowest BCUT2D eigenvalue weighted by Gasteiger charge is -2.21. The van der Waals surface area contributed by atoms with Gasteiger partial charge >= 0.3 is 11.9 Å². The van der Waals surface area contributed by atoms with E-state index in [4.69, 9.17) is 0 Å². The van der Waals surface area contributed by atoms with Crippen LogP contribution in [0.15, 0.2) is 12.3 Å². The van der Waals surface area contributed by atoms with Gasteiger partial charge < -0.3 is 5.32 Å². The van der Waals surface area contributed by atoms with Crippen molar-refractivity contribution < 1.29 is 18.1 Å². The largest absolute Gasteiger partial charge is 0.433 e. The molecule has 0 aliphatic heterocycles. The third kappa shape index (κ3) is 3.62. The highest BCUT2D eigenvalue weighted by atomic mass is 19.4. The van der Waals surface area contributed by atoms with Gasteiger partial charge in [0.05, 0.1) is 4.92 Å². The number of pyridine rings is 1. The van der Waals surface area contributed by atoms with Crippen molar-refractivity contribution >= 4 is 11.4 Å². The first kappa shape index (κ1) is 15.5. The second-order valence-electron chi connectivity index (χ2n) is 5.32. The van der Waals surface area contributed by atoms with Crippen molar-refractivity contribution in [1.82, 2.24) is 4.98 Å². The Labute approximate surface area is 119 Å². The minimum absolute atomic E-state index is 0.116. The van der Waals surface area contributed by atoms with Crippen LogP contribution in [0.25, 0.3) is 0 Å². The van der Waals surface area contributed by atoms with Gasteiger partial charge in [-0.25, -0.2) is 4.98 Å². The van der Waals surface area contributed by atoms with Crippen LogP contribution in [0.3, 0.4) is 0 Å². The molecule has 0 aromatic carbocycles. The highest BCUT2D eigenvalue weighted by molar-refractivity contribution is 5.61. The molecule has 1 saturated carbocycles. The van der Waals surface area contributed by atoms with E-state index in [1.165, 1.54) is 0 Å². The Kier molecular flexibility index (Phi) is 4.34. The third-order valence-electron chi connectivity index (χ3n) is 3.86. The number of rotatable bonds is 4. The normalized spacial score (nSPS) is 17.7. The lowest BCUT2D eigenvalue weighted by atomic mass is 9.99. The zero-order valence-electron chi connectivity index (χ0n) is 11.5. The van der Waals surface area contributed by atoms with Crippen LogP contribution in [-0.2, 0) is 6.18 Å². The fourth-order valence-corrected chi connectivity index (χ4v) is 2.68. The Hall–Kier alpha value is -1.86. The van der Waals surface area contributed by atoms with E-state index in [-0.39, 0.29) is 11.7 Å². The summed E-state index contributed by atoms with van der Waals surface area (Å²) >= 11 is 0. The van der Waals surface area contributed by atoms with Crippen molar-refractivity contribution in [2.24, 2.45) is 5.92 Å². The highest BCUT2D eigenvalue weighted by Gasteiger charge is 2.35. The molecule has 116 valence electrons. The number of nitrogens with zero attached hydrogens (tertiary/aromatic N) is 2. The van der Waals surface area contributed by atoms with Crippen LogP contribution < -0.4 is 5.32 Å². The van der Waals surface area contributed by atoms with Gasteiger partial charge in [0.1, 0.15) is 17.6 Å². The fourth-order valence-electron chi connectivity index (χ4n) is 2.68. The molecule has 5 nitrogen and oxygen atoms in total. The Morgan fingerprint density at radius 3 is 2.57 bits per heavy atom. The molecule has 1 aliphatic rings. The molecule has 0 saturated heterocycles. The number of nitro groups is 1. The van der Waals surface area contributed by atoms with Gasteiger partial charge in [0, 0.05) is 6.04 Å². The zero-order valence-corrected chi connectivity index (χ0v) is 11.5. The summed E-state index contributed by atoms with van der Waals surface area (Å²) in [5.74, 6) is 0.326. The monoisotopic (exact) mass is 303 g/mol. The third-order valence-corrected chi connectivity index (χ3v) is 3.86. The first-order chi connectivity index (χ1) is 9.79. The number of nitrogens with one attached hydrogen (secondary N) is 1. The molecular weight excluding hydrogens is 287 g/mol. The van der Waals surface area contributed by atoms with Crippen molar-refractivity contribution in [3.63, 3.8) is 0 Å². The lowest BCUT2D eigenvalue weighted by molar-refractivity contribution is -0.384. The quantitative estimate of drug-likeness (QED) is 0.674. The van der Waals surface area contributed by atoms with Gasteiger partial charge in [0.25, 0.3) is 0 Å². The SMILES string of the molecule is CC(Nc1cc(C(F)(F)F)ncc1[N+](=O)[O-])C1CCCC1. The molecule has 1 N–H and O–H groups in total. The number of alkyl halides is 3. The molecule has 21 heavy (non-hydrogen) atoms. The summed E-state index contributed by atoms with van der Waals surface area (Å²) in [4.78, 5) is 13.3. The minimum atomic E-state index is -4.62. The van der Waals surface area contributed by atoms with Gasteiger partial charge in [-0.05, 0) is 31.7 Å². The molecule has 1 aromatic heterocycles. The fraction of sp³-hybridized carbons (Fsp3) is 0.615. The zero-order chi connectivity index (χ0) is 15.6. The van der Waals surface area contributed by atoms with Crippen molar-refractivity contribution in [2.75, 3.05) is 5.32 Å². The average molecular weight is 303 g/mol. The maximum absolute atomic E-state index is 12.7. The van der Waals surface area contributed by atoms with Crippen molar-refractivity contribution in [3.8, 4) is 0 Å². The summed E-state index contributed by atoms with van der Waals surface area (Å²) in [5, 5.41) is 13.8. The van der Waals surface area contributed by atoms with E-state index in [0.29, 0.717) is 18.2 Å². The molecule has 1 fully saturated rings. The Morgan fingerprint density at radius 2 is 2.05 bits per heavy atom. The van der Waals surface area contributed by atoms with Crippen LogP contribution in [0.1, 0.15) is 38.3 Å². The second kappa shape index (κ2) is 5.87. The highest BCUT2D eigenvalue weighted by Crippen LogP contribution is 2.35. The summed E-state index contributed by atoms with van der Waals surface area (Å²) in [5.41, 5.74) is -1.69. The molecule has 1 aromatic rings. The first-order valence-corrected chi connectivity index (χ1v) is 6.77. The molecular formula is C13H16F3N3O2. The van der Waals surface area contributed by atoms with E-state index in [1.807, 2.05) is 6.92 Å². The molecule has 1 heterocycles. The van der Waals surface area contributed by atoms with E-state index in [2.05, 4.69) is 10.3 Å². The summed E-state index contributed by atoms with van der Waals surface area (Å²) in [6, 6.07) is 0.596. The molecule has 1 unspecified atom stereocenters. The summed E-state index contributed by atoms with van der Waals surface area (Å²) in [7, 11) is 0. The smallest absolute Gasteiger partial charge is 0.377 e.